The quantitative estimate of drug-likeness (QED) is 0.649. The summed E-state index contributed by atoms with van der Waals surface area (Å²) in [4.78, 5) is 14.7. The van der Waals surface area contributed by atoms with Crippen molar-refractivity contribution in [2.75, 3.05) is 20.2 Å². The summed E-state index contributed by atoms with van der Waals surface area (Å²) in [5.74, 6) is 0.371. The average molecular weight is 446 g/mol. The Morgan fingerprint density at radius 3 is 2.67 bits per heavy atom. The molecule has 0 spiro atoms. The van der Waals surface area contributed by atoms with Gasteiger partial charge in [0, 0.05) is 23.7 Å². The van der Waals surface area contributed by atoms with E-state index in [4.69, 9.17) is 16.3 Å². The number of carbonyl (C=O) groups is 1. The molecule has 1 N–H and O–H groups in total. The van der Waals surface area contributed by atoms with E-state index in [1.807, 2.05) is 24.3 Å². The van der Waals surface area contributed by atoms with Crippen LogP contribution in [0, 0.1) is 0 Å². The van der Waals surface area contributed by atoms with Gasteiger partial charge < -0.3 is 9.64 Å². The first kappa shape index (κ1) is 20.4. The van der Waals surface area contributed by atoms with Crippen LogP contribution in [-0.4, -0.2) is 54.9 Å². The number of rotatable bonds is 5. The van der Waals surface area contributed by atoms with Gasteiger partial charge in [-0.3, -0.25) is 9.89 Å². The van der Waals surface area contributed by atoms with E-state index in [2.05, 4.69) is 10.2 Å². The Hall–Kier alpha value is -2.84. The monoisotopic (exact) mass is 445 g/mol. The molecule has 4 rings (SSSR count). The molecule has 30 heavy (non-hydrogen) atoms. The molecule has 0 saturated carbocycles. The van der Waals surface area contributed by atoms with Crippen LogP contribution < -0.4 is 4.74 Å². The van der Waals surface area contributed by atoms with Crippen LogP contribution in [0.3, 0.4) is 0 Å². The number of hydrogen-bond acceptors (Lipinski definition) is 5. The van der Waals surface area contributed by atoms with Crippen LogP contribution in [0.15, 0.2) is 59.5 Å². The van der Waals surface area contributed by atoms with Gasteiger partial charge in [0.25, 0.3) is 5.91 Å². The molecule has 1 fully saturated rings. The van der Waals surface area contributed by atoms with Gasteiger partial charge in [0.15, 0.2) is 9.84 Å². The number of carbonyl (C=O) groups excluding carboxylic acids is 1. The lowest BCUT2D eigenvalue weighted by molar-refractivity contribution is 0.0787. The molecule has 1 aliphatic rings. The zero-order chi connectivity index (χ0) is 21.3. The van der Waals surface area contributed by atoms with Crippen LogP contribution in [0.1, 0.15) is 16.9 Å². The van der Waals surface area contributed by atoms with Crippen molar-refractivity contribution in [1.82, 2.24) is 15.1 Å². The average Bonchev–Trinajstić information content (AvgIpc) is 3.44. The zero-order valence-electron chi connectivity index (χ0n) is 16.2. The van der Waals surface area contributed by atoms with Crippen molar-refractivity contribution in [2.45, 2.75) is 16.6 Å². The van der Waals surface area contributed by atoms with E-state index < -0.39 is 15.1 Å². The van der Waals surface area contributed by atoms with Crippen molar-refractivity contribution in [3.63, 3.8) is 0 Å². The molecule has 0 unspecified atom stereocenters. The Bertz CT molecular complexity index is 1170. The van der Waals surface area contributed by atoms with Crippen molar-refractivity contribution >= 4 is 27.3 Å². The topological polar surface area (TPSA) is 92.4 Å². The largest absolute Gasteiger partial charge is 0.496 e. The maximum atomic E-state index is 12.9. The summed E-state index contributed by atoms with van der Waals surface area (Å²) < 4.78 is 31.1. The molecule has 0 bridgehead atoms. The molecule has 3 aromatic rings. The number of H-pyrrole nitrogens is 1. The fourth-order valence-corrected chi connectivity index (χ4v) is 5.40. The van der Waals surface area contributed by atoms with Gasteiger partial charge >= 0.3 is 0 Å². The number of aromatic amines is 1. The standard InChI is InChI=1S/C21H20ClN3O4S/c1-29-20-5-3-2-4-17(20)18-12-19(24-23-18)21(26)25-11-10-16(13-25)30(27,28)15-8-6-14(22)7-9-15/h2-9,12,16H,10-11,13H2,1H3,(H,23,24)/t16-/m0/s1. The highest BCUT2D eigenvalue weighted by molar-refractivity contribution is 7.92. The molecule has 1 aromatic heterocycles. The summed E-state index contributed by atoms with van der Waals surface area (Å²) >= 11 is 5.85. The Morgan fingerprint density at radius 2 is 1.93 bits per heavy atom. The van der Waals surface area contributed by atoms with Crippen molar-refractivity contribution in [2.24, 2.45) is 0 Å². The van der Waals surface area contributed by atoms with Crippen LogP contribution in [0.2, 0.25) is 5.02 Å². The van der Waals surface area contributed by atoms with Crippen molar-refractivity contribution < 1.29 is 17.9 Å². The summed E-state index contributed by atoms with van der Waals surface area (Å²) in [5, 5.41) is 6.81. The van der Waals surface area contributed by atoms with E-state index >= 15 is 0 Å². The fraction of sp³-hybridized carbons (Fsp3) is 0.238. The predicted molar refractivity (Wildman–Crippen MR) is 114 cm³/mol. The lowest BCUT2D eigenvalue weighted by atomic mass is 10.1. The minimum Gasteiger partial charge on any atom is -0.496 e. The van der Waals surface area contributed by atoms with Crippen LogP contribution in [-0.2, 0) is 9.84 Å². The third kappa shape index (κ3) is 3.80. The number of nitrogens with one attached hydrogen (secondary N) is 1. The second-order valence-corrected chi connectivity index (χ2v) is 9.69. The number of benzene rings is 2. The number of aromatic nitrogens is 2. The number of methoxy groups -OCH3 is 1. The predicted octanol–water partition coefficient (Wildman–Crippen LogP) is 3.43. The highest BCUT2D eigenvalue weighted by Crippen LogP contribution is 2.29. The summed E-state index contributed by atoms with van der Waals surface area (Å²) in [6.07, 6.45) is 0.379. The molecule has 7 nitrogen and oxygen atoms in total. The lowest BCUT2D eigenvalue weighted by Crippen LogP contribution is -2.32. The number of hydrogen-bond donors (Lipinski definition) is 1. The number of amides is 1. The van der Waals surface area contributed by atoms with E-state index in [9.17, 15) is 13.2 Å². The highest BCUT2D eigenvalue weighted by atomic mass is 35.5. The summed E-state index contributed by atoms with van der Waals surface area (Å²) in [6.45, 7) is 0.492. The van der Waals surface area contributed by atoms with Crippen molar-refractivity contribution in [3.05, 3.63) is 65.3 Å². The molecule has 0 radical (unpaired) electrons. The molecule has 1 aliphatic heterocycles. The van der Waals surface area contributed by atoms with Gasteiger partial charge in [0.1, 0.15) is 11.4 Å². The number of likely N-dealkylation sites (tertiary alicyclic amines) is 1. The Morgan fingerprint density at radius 1 is 1.20 bits per heavy atom. The molecule has 1 atom stereocenters. The van der Waals surface area contributed by atoms with Gasteiger partial charge in [-0.25, -0.2) is 8.42 Å². The number of ether oxygens (including phenoxy) is 1. The SMILES string of the molecule is COc1ccccc1-c1cc(C(=O)N2CC[C@H](S(=O)(=O)c3ccc(Cl)cc3)C2)[nH]n1. The van der Waals surface area contributed by atoms with Gasteiger partial charge in [0.05, 0.1) is 22.9 Å². The number of nitrogens with zero attached hydrogens (tertiary/aromatic N) is 2. The second kappa shape index (κ2) is 8.12. The van der Waals surface area contributed by atoms with E-state index in [0.29, 0.717) is 35.1 Å². The number of sulfone groups is 1. The fourth-order valence-electron chi connectivity index (χ4n) is 3.58. The number of para-hydroxylation sites is 1. The summed E-state index contributed by atoms with van der Waals surface area (Å²) in [7, 11) is -1.97. The van der Waals surface area contributed by atoms with Crippen molar-refractivity contribution in [1.29, 1.82) is 0 Å². The smallest absolute Gasteiger partial charge is 0.271 e. The van der Waals surface area contributed by atoms with E-state index in [1.165, 1.54) is 17.0 Å². The van der Waals surface area contributed by atoms with E-state index in [1.54, 1.807) is 25.3 Å². The van der Waals surface area contributed by atoms with Crippen LogP contribution in [0.4, 0.5) is 0 Å². The van der Waals surface area contributed by atoms with Crippen LogP contribution in [0.5, 0.6) is 5.75 Å². The van der Waals surface area contributed by atoms with E-state index in [0.717, 1.165) is 5.56 Å². The maximum Gasteiger partial charge on any atom is 0.271 e. The zero-order valence-corrected chi connectivity index (χ0v) is 17.8. The normalized spacial score (nSPS) is 16.6. The molecular weight excluding hydrogens is 426 g/mol. The minimum atomic E-state index is -3.55. The first-order valence-corrected chi connectivity index (χ1v) is 11.3. The summed E-state index contributed by atoms with van der Waals surface area (Å²) in [5.41, 5.74) is 1.65. The third-order valence-corrected chi connectivity index (χ3v) is 7.65. The molecule has 1 amide bonds. The molecule has 2 heterocycles. The Labute approximate surface area is 179 Å². The van der Waals surface area contributed by atoms with Gasteiger partial charge in [0.2, 0.25) is 0 Å². The number of halogens is 1. The van der Waals surface area contributed by atoms with Crippen molar-refractivity contribution in [3.8, 4) is 17.0 Å². The first-order valence-electron chi connectivity index (χ1n) is 9.37. The Balaban J connectivity index is 1.51. The maximum absolute atomic E-state index is 12.9. The summed E-state index contributed by atoms with van der Waals surface area (Å²) in [6, 6.07) is 15.1. The molecule has 1 saturated heterocycles. The first-order chi connectivity index (χ1) is 14.4. The molecular formula is C21H20ClN3O4S. The minimum absolute atomic E-state index is 0.132. The lowest BCUT2D eigenvalue weighted by Gasteiger charge is -2.16. The van der Waals surface area contributed by atoms with Gasteiger partial charge in [-0.05, 0) is 48.9 Å². The van der Waals surface area contributed by atoms with Gasteiger partial charge in [-0.2, -0.15) is 5.10 Å². The molecule has 2 aromatic carbocycles. The molecule has 9 heteroatoms. The highest BCUT2D eigenvalue weighted by Gasteiger charge is 2.36. The molecule has 156 valence electrons. The van der Waals surface area contributed by atoms with E-state index in [-0.39, 0.29) is 17.3 Å². The molecule has 0 aliphatic carbocycles. The van der Waals surface area contributed by atoms with Crippen LogP contribution >= 0.6 is 11.6 Å². The third-order valence-electron chi connectivity index (χ3n) is 5.20. The Kier molecular flexibility index (Phi) is 5.53. The van der Waals surface area contributed by atoms with Crippen LogP contribution in [0.25, 0.3) is 11.3 Å². The van der Waals surface area contributed by atoms with Gasteiger partial charge in [-0.15, -0.1) is 0 Å². The second-order valence-electron chi connectivity index (χ2n) is 7.03. The van der Waals surface area contributed by atoms with Gasteiger partial charge in [-0.1, -0.05) is 23.7 Å².